The summed E-state index contributed by atoms with van der Waals surface area (Å²) in [6.45, 7) is 0.0810. The van der Waals surface area contributed by atoms with Gasteiger partial charge in [0.2, 0.25) is 0 Å². The first-order valence-electron chi connectivity index (χ1n) is 14.2. The molecule has 0 saturated carbocycles. The second kappa shape index (κ2) is 10.6. The molecule has 2 aliphatic rings. The number of benzene rings is 4. The topological polar surface area (TPSA) is 43.6 Å². The number of allylic oxidation sites excluding steroid dienone is 1. The molecule has 7 heteroatoms. The predicted octanol–water partition coefficient (Wildman–Crippen LogP) is 7.25. The molecule has 43 heavy (non-hydrogen) atoms. The Balaban J connectivity index is 1.32. The fraction of sp³-hybridized carbons (Fsp3) is 0.111. The highest BCUT2D eigenvalue weighted by Gasteiger charge is 2.33. The van der Waals surface area contributed by atoms with E-state index in [1.54, 1.807) is 29.5 Å². The summed E-state index contributed by atoms with van der Waals surface area (Å²) in [6.07, 6.45) is 3.71. The van der Waals surface area contributed by atoms with Gasteiger partial charge in [0.15, 0.2) is 4.80 Å². The first kappa shape index (κ1) is 26.1. The van der Waals surface area contributed by atoms with Gasteiger partial charge >= 0.3 is 0 Å². The molecular formula is C36H25FN2O2S2. The van der Waals surface area contributed by atoms with Gasteiger partial charge < -0.3 is 4.74 Å². The zero-order valence-corrected chi connectivity index (χ0v) is 24.6. The van der Waals surface area contributed by atoms with E-state index in [-0.39, 0.29) is 24.0 Å². The van der Waals surface area contributed by atoms with Crippen LogP contribution in [0.25, 0.3) is 22.5 Å². The minimum absolute atomic E-state index is 0.0689. The van der Waals surface area contributed by atoms with Crippen molar-refractivity contribution in [3.63, 3.8) is 0 Å². The first-order valence-corrected chi connectivity index (χ1v) is 15.9. The third-order valence-corrected chi connectivity index (χ3v) is 10.1. The van der Waals surface area contributed by atoms with Gasteiger partial charge in [0, 0.05) is 21.6 Å². The van der Waals surface area contributed by atoms with Crippen LogP contribution in [0.3, 0.4) is 0 Å². The van der Waals surface area contributed by atoms with Gasteiger partial charge in [-0.15, -0.1) is 11.3 Å². The van der Waals surface area contributed by atoms with E-state index in [4.69, 9.17) is 9.73 Å². The van der Waals surface area contributed by atoms with E-state index >= 15 is 0 Å². The molecule has 6 aromatic rings. The molecule has 0 saturated heterocycles. The molecule has 210 valence electrons. The second-order valence-corrected chi connectivity index (χ2v) is 12.7. The molecule has 0 radical (unpaired) electrons. The van der Waals surface area contributed by atoms with Crippen LogP contribution >= 0.6 is 22.7 Å². The Morgan fingerprint density at radius 3 is 2.65 bits per heavy atom. The standard InChI is InChI=1S/C36H25FN2O2S2/c37-29-13-6-3-10-24(29)21-41-30-18-16-22-8-1-4-11-25(22)28(30)20-32-35(40)39-34(31-14-7-19-42-31)27-17-15-23-9-2-5-12-26(23)33(27)38-36(39)43-32/h1-14,16,18-20,34H,15,17,21H2/b32-20+/t34-/m0/s1. The minimum atomic E-state index is -0.308. The molecule has 1 atom stereocenters. The van der Waals surface area contributed by atoms with Crippen LogP contribution < -0.4 is 19.6 Å². The number of aromatic nitrogens is 1. The Hall–Kier alpha value is -4.59. The van der Waals surface area contributed by atoms with Crippen molar-refractivity contribution in [2.24, 2.45) is 4.99 Å². The summed E-state index contributed by atoms with van der Waals surface area (Å²) in [6, 6.07) is 31.0. The summed E-state index contributed by atoms with van der Waals surface area (Å²) in [5.74, 6) is 0.285. The Labute approximate surface area is 255 Å². The van der Waals surface area contributed by atoms with Gasteiger partial charge in [-0.2, -0.15) is 0 Å². The summed E-state index contributed by atoms with van der Waals surface area (Å²) < 4.78 is 23.1. The molecule has 0 unspecified atom stereocenters. The summed E-state index contributed by atoms with van der Waals surface area (Å²) in [4.78, 5) is 21.3. The molecule has 3 heterocycles. The van der Waals surface area contributed by atoms with E-state index < -0.39 is 0 Å². The largest absolute Gasteiger partial charge is 0.488 e. The van der Waals surface area contributed by atoms with E-state index in [0.29, 0.717) is 20.6 Å². The summed E-state index contributed by atoms with van der Waals surface area (Å²) in [5, 5.41) is 4.06. The molecule has 0 bridgehead atoms. The van der Waals surface area contributed by atoms with E-state index in [0.717, 1.165) is 45.3 Å². The zero-order valence-electron chi connectivity index (χ0n) is 23.0. The molecule has 2 aromatic heterocycles. The van der Waals surface area contributed by atoms with Gasteiger partial charge in [0.1, 0.15) is 18.2 Å². The number of hydrogen-bond donors (Lipinski definition) is 0. The normalized spacial score (nSPS) is 16.0. The third-order valence-electron chi connectivity index (χ3n) is 8.23. The molecule has 0 N–H and O–H groups in total. The van der Waals surface area contributed by atoms with Crippen molar-refractivity contribution in [1.82, 2.24) is 4.57 Å². The van der Waals surface area contributed by atoms with E-state index in [1.807, 2.05) is 53.1 Å². The predicted molar refractivity (Wildman–Crippen MR) is 172 cm³/mol. The van der Waals surface area contributed by atoms with Gasteiger partial charge in [-0.25, -0.2) is 9.38 Å². The molecule has 0 amide bonds. The number of thiazole rings is 1. The smallest absolute Gasteiger partial charge is 0.271 e. The van der Waals surface area contributed by atoms with Crippen molar-refractivity contribution in [1.29, 1.82) is 0 Å². The van der Waals surface area contributed by atoms with Gasteiger partial charge in [0.25, 0.3) is 5.56 Å². The number of halogens is 1. The Bertz CT molecular complexity index is 2250. The maximum atomic E-state index is 14.4. The third kappa shape index (κ3) is 4.47. The molecule has 1 aliphatic heterocycles. The number of hydrogen-bond acceptors (Lipinski definition) is 5. The quantitative estimate of drug-likeness (QED) is 0.209. The van der Waals surface area contributed by atoms with E-state index in [9.17, 15) is 9.18 Å². The van der Waals surface area contributed by atoms with Crippen LogP contribution in [-0.4, -0.2) is 4.57 Å². The lowest BCUT2D eigenvalue weighted by molar-refractivity contribution is 0.299. The molecular weight excluding hydrogens is 576 g/mol. The van der Waals surface area contributed by atoms with Crippen molar-refractivity contribution >= 4 is 45.2 Å². The lowest BCUT2D eigenvalue weighted by Crippen LogP contribution is -2.38. The van der Waals surface area contributed by atoms with Crippen LogP contribution in [0.1, 0.15) is 39.6 Å². The van der Waals surface area contributed by atoms with Crippen molar-refractivity contribution < 1.29 is 9.13 Å². The van der Waals surface area contributed by atoms with Crippen LogP contribution in [0.5, 0.6) is 5.75 Å². The van der Waals surface area contributed by atoms with Crippen LogP contribution in [0.4, 0.5) is 4.39 Å². The summed E-state index contributed by atoms with van der Waals surface area (Å²) >= 11 is 3.08. The number of aryl methyl sites for hydroxylation is 1. The van der Waals surface area contributed by atoms with Crippen LogP contribution in [0.2, 0.25) is 0 Å². The van der Waals surface area contributed by atoms with E-state index in [1.165, 1.54) is 28.5 Å². The van der Waals surface area contributed by atoms with Gasteiger partial charge in [-0.1, -0.05) is 90.2 Å². The maximum Gasteiger partial charge on any atom is 0.271 e. The lowest BCUT2D eigenvalue weighted by Gasteiger charge is -2.30. The molecule has 8 rings (SSSR count). The first-order chi connectivity index (χ1) is 21.2. The number of fused-ring (bicyclic) bond motifs is 4. The van der Waals surface area contributed by atoms with Crippen molar-refractivity contribution in [3.05, 3.63) is 161 Å². The molecule has 0 fully saturated rings. The van der Waals surface area contributed by atoms with Crippen molar-refractivity contribution in [3.8, 4) is 5.75 Å². The maximum absolute atomic E-state index is 14.4. The minimum Gasteiger partial charge on any atom is -0.488 e. The SMILES string of the molecule is O=c1/c(=C\c2c(OCc3ccccc3F)ccc3ccccc23)sc2n1[C@H](c1cccs1)C1=C(N=2)c2ccccc2CC1. The Kier molecular flexibility index (Phi) is 6.42. The lowest BCUT2D eigenvalue weighted by atomic mass is 9.85. The number of ether oxygens (including phenoxy) is 1. The highest BCUT2D eigenvalue weighted by Crippen LogP contribution is 2.42. The van der Waals surface area contributed by atoms with Crippen LogP contribution in [0.15, 0.2) is 118 Å². The average molecular weight is 601 g/mol. The number of rotatable bonds is 5. The highest BCUT2D eigenvalue weighted by atomic mass is 32.1. The van der Waals surface area contributed by atoms with Crippen LogP contribution in [0, 0.1) is 5.82 Å². The highest BCUT2D eigenvalue weighted by molar-refractivity contribution is 7.10. The fourth-order valence-corrected chi connectivity index (χ4v) is 8.00. The average Bonchev–Trinajstić information content (AvgIpc) is 3.68. The summed E-state index contributed by atoms with van der Waals surface area (Å²) in [5.41, 5.74) is 5.83. The Morgan fingerprint density at radius 1 is 0.930 bits per heavy atom. The van der Waals surface area contributed by atoms with Crippen LogP contribution in [-0.2, 0) is 13.0 Å². The van der Waals surface area contributed by atoms with Gasteiger partial charge in [-0.05, 0) is 64.4 Å². The van der Waals surface area contributed by atoms with Gasteiger partial charge in [0.05, 0.1) is 16.3 Å². The molecule has 0 spiro atoms. The molecule has 4 nitrogen and oxygen atoms in total. The number of nitrogens with zero attached hydrogens (tertiary/aromatic N) is 2. The second-order valence-electron chi connectivity index (χ2n) is 10.7. The zero-order chi connectivity index (χ0) is 28.9. The number of thiophene rings is 1. The van der Waals surface area contributed by atoms with E-state index in [2.05, 4.69) is 35.7 Å². The van der Waals surface area contributed by atoms with Crippen molar-refractivity contribution in [2.45, 2.75) is 25.5 Å². The van der Waals surface area contributed by atoms with Crippen molar-refractivity contribution in [2.75, 3.05) is 0 Å². The summed E-state index contributed by atoms with van der Waals surface area (Å²) in [7, 11) is 0. The molecule has 4 aromatic carbocycles. The molecule has 1 aliphatic carbocycles. The Morgan fingerprint density at radius 2 is 1.77 bits per heavy atom. The fourth-order valence-electron chi connectivity index (χ4n) is 6.17. The van der Waals surface area contributed by atoms with Gasteiger partial charge in [-0.3, -0.25) is 9.36 Å². The monoisotopic (exact) mass is 600 g/mol.